The predicted molar refractivity (Wildman–Crippen MR) is 122 cm³/mol. The summed E-state index contributed by atoms with van der Waals surface area (Å²) >= 11 is 0. The first-order valence-corrected chi connectivity index (χ1v) is 10.6. The van der Waals surface area contributed by atoms with Gasteiger partial charge in [0.05, 0.1) is 0 Å². The molecule has 0 spiro atoms. The van der Waals surface area contributed by atoms with E-state index in [-0.39, 0.29) is 11.8 Å². The third-order valence-electron chi connectivity index (χ3n) is 5.25. The smallest absolute Gasteiger partial charge is 0.246 e. The molecule has 5 heteroatoms. The van der Waals surface area contributed by atoms with Crippen LogP contribution in [0.5, 0.6) is 0 Å². The number of nitrogens with zero attached hydrogens (tertiary/aromatic N) is 2. The number of pyridine rings is 1. The molecule has 0 radical (unpaired) electrons. The number of carbonyl (C=O) groups is 2. The largest absolute Gasteiger partial charge is 0.339 e. The third-order valence-corrected chi connectivity index (χ3v) is 5.25. The summed E-state index contributed by atoms with van der Waals surface area (Å²) in [5.74, 6) is 0.445. The quantitative estimate of drug-likeness (QED) is 0.725. The zero-order valence-electron chi connectivity index (χ0n) is 18.1. The first kappa shape index (κ1) is 21.8. The lowest BCUT2D eigenvalue weighted by molar-refractivity contribution is -0.126. The predicted octanol–water partition coefficient (Wildman–Crippen LogP) is 4.90. The second-order valence-corrected chi connectivity index (χ2v) is 8.75. The first-order chi connectivity index (χ1) is 14.3. The lowest BCUT2D eigenvalue weighted by atomic mass is 9.96. The van der Waals surface area contributed by atoms with Crippen LogP contribution < -0.4 is 5.32 Å². The summed E-state index contributed by atoms with van der Waals surface area (Å²) in [5.41, 5.74) is 3.01. The molecule has 1 N–H and O–H groups in total. The van der Waals surface area contributed by atoms with Crippen molar-refractivity contribution in [1.82, 2.24) is 9.88 Å². The molecule has 0 unspecified atom stereocenters. The second-order valence-electron chi connectivity index (χ2n) is 8.75. The van der Waals surface area contributed by atoms with Crippen LogP contribution in [0.3, 0.4) is 0 Å². The van der Waals surface area contributed by atoms with Crippen molar-refractivity contribution in [2.45, 2.75) is 46.5 Å². The van der Waals surface area contributed by atoms with Crippen molar-refractivity contribution in [2.75, 3.05) is 18.4 Å². The molecular formula is C25H31N3O2. The van der Waals surface area contributed by atoms with Gasteiger partial charge < -0.3 is 10.2 Å². The second kappa shape index (κ2) is 9.70. The van der Waals surface area contributed by atoms with Gasteiger partial charge in [-0.05, 0) is 60.6 Å². The molecule has 2 heterocycles. The molecule has 0 saturated carbocycles. The Labute approximate surface area is 179 Å². The van der Waals surface area contributed by atoms with Crippen LogP contribution in [0.1, 0.15) is 52.0 Å². The van der Waals surface area contributed by atoms with Gasteiger partial charge >= 0.3 is 0 Å². The molecule has 1 aromatic heterocycles. The van der Waals surface area contributed by atoms with E-state index in [4.69, 9.17) is 0 Å². The summed E-state index contributed by atoms with van der Waals surface area (Å²) in [5, 5.41) is 2.80. The Hall–Kier alpha value is -2.95. The number of rotatable bonds is 4. The van der Waals surface area contributed by atoms with E-state index in [1.807, 2.05) is 31.7 Å². The first-order valence-electron chi connectivity index (χ1n) is 10.6. The highest BCUT2D eigenvalue weighted by Gasteiger charge is 2.21. The van der Waals surface area contributed by atoms with Crippen molar-refractivity contribution in [2.24, 2.45) is 5.41 Å². The highest BCUT2D eigenvalue weighted by molar-refractivity contribution is 5.94. The average Bonchev–Trinajstić information content (AvgIpc) is 2.99. The number of hydrogen-bond donors (Lipinski definition) is 1. The van der Waals surface area contributed by atoms with E-state index in [2.05, 4.69) is 34.6 Å². The SMILES string of the molecule is CC(C)(C)C(=O)Nc1ccc(/C=C/C(=O)N2CCC=C(C3=CCCC=C3)CC2)cn1. The van der Waals surface area contributed by atoms with E-state index in [1.165, 1.54) is 11.1 Å². The van der Waals surface area contributed by atoms with Crippen LogP contribution in [-0.4, -0.2) is 34.8 Å². The fourth-order valence-corrected chi connectivity index (χ4v) is 3.35. The summed E-state index contributed by atoms with van der Waals surface area (Å²) < 4.78 is 0. The van der Waals surface area contributed by atoms with Crippen molar-refractivity contribution in [3.63, 3.8) is 0 Å². The van der Waals surface area contributed by atoms with Crippen molar-refractivity contribution < 1.29 is 9.59 Å². The maximum Gasteiger partial charge on any atom is 0.246 e. The normalized spacial score (nSPS) is 17.4. The number of allylic oxidation sites excluding steroid dienone is 4. The van der Waals surface area contributed by atoms with Gasteiger partial charge in [-0.15, -0.1) is 0 Å². The summed E-state index contributed by atoms with van der Waals surface area (Å²) in [6.45, 7) is 7.04. The minimum Gasteiger partial charge on any atom is -0.339 e. The van der Waals surface area contributed by atoms with Crippen molar-refractivity contribution in [3.8, 4) is 0 Å². The minimum atomic E-state index is -0.474. The van der Waals surface area contributed by atoms with Crippen LogP contribution >= 0.6 is 0 Å². The van der Waals surface area contributed by atoms with Gasteiger partial charge in [0.1, 0.15) is 5.82 Å². The number of anilines is 1. The molecular weight excluding hydrogens is 374 g/mol. The highest BCUT2D eigenvalue weighted by atomic mass is 16.2. The van der Waals surface area contributed by atoms with E-state index in [0.29, 0.717) is 5.82 Å². The Morgan fingerprint density at radius 1 is 1.10 bits per heavy atom. The summed E-state index contributed by atoms with van der Waals surface area (Å²) in [6.07, 6.45) is 18.0. The zero-order chi connectivity index (χ0) is 21.6. The van der Waals surface area contributed by atoms with Crippen LogP contribution in [0.2, 0.25) is 0 Å². The zero-order valence-corrected chi connectivity index (χ0v) is 18.1. The van der Waals surface area contributed by atoms with Crippen molar-refractivity contribution in [3.05, 3.63) is 65.4 Å². The molecule has 3 rings (SSSR count). The number of hydrogen-bond acceptors (Lipinski definition) is 3. The Kier molecular flexibility index (Phi) is 7.03. The van der Waals surface area contributed by atoms with E-state index < -0.39 is 5.41 Å². The summed E-state index contributed by atoms with van der Waals surface area (Å²) in [7, 11) is 0. The van der Waals surface area contributed by atoms with Crippen molar-refractivity contribution >= 4 is 23.7 Å². The number of amides is 2. The Bertz CT molecular complexity index is 899. The number of carbonyl (C=O) groups excluding carboxylic acids is 2. The van der Waals surface area contributed by atoms with Gasteiger partial charge in [0, 0.05) is 30.8 Å². The molecule has 0 bridgehead atoms. The standard InChI is InChI=1S/C25H31N3O2/c1-25(2,3)24(30)27-22-13-11-19(18-26-22)12-14-23(29)28-16-7-10-21(15-17-28)20-8-5-4-6-9-20/h5,8-14,18H,4,6-7,15-17H2,1-3H3,(H,26,27,30)/b14-12+. The summed E-state index contributed by atoms with van der Waals surface area (Å²) in [6, 6.07) is 3.60. The summed E-state index contributed by atoms with van der Waals surface area (Å²) in [4.78, 5) is 30.8. The van der Waals surface area contributed by atoms with E-state index in [9.17, 15) is 9.59 Å². The maximum absolute atomic E-state index is 12.6. The monoisotopic (exact) mass is 405 g/mol. The van der Waals surface area contributed by atoms with Gasteiger partial charge in [-0.1, -0.05) is 45.1 Å². The molecule has 1 aliphatic heterocycles. The number of nitrogens with one attached hydrogen (secondary N) is 1. The van der Waals surface area contributed by atoms with Crippen LogP contribution in [0.15, 0.2) is 59.9 Å². The average molecular weight is 406 g/mol. The van der Waals surface area contributed by atoms with Gasteiger partial charge in [-0.2, -0.15) is 0 Å². The molecule has 0 aromatic carbocycles. The Morgan fingerprint density at radius 2 is 1.93 bits per heavy atom. The molecule has 30 heavy (non-hydrogen) atoms. The minimum absolute atomic E-state index is 0.0166. The van der Waals surface area contributed by atoms with E-state index in [0.717, 1.165) is 44.3 Å². The van der Waals surface area contributed by atoms with E-state index in [1.54, 1.807) is 24.4 Å². The topological polar surface area (TPSA) is 62.3 Å². The fraction of sp³-hybridized carbons (Fsp3) is 0.400. The highest BCUT2D eigenvalue weighted by Crippen LogP contribution is 2.24. The van der Waals surface area contributed by atoms with Gasteiger partial charge in [-0.25, -0.2) is 4.98 Å². The van der Waals surface area contributed by atoms with Crippen LogP contribution in [0, 0.1) is 5.41 Å². The molecule has 0 fully saturated rings. The molecule has 0 atom stereocenters. The Morgan fingerprint density at radius 3 is 2.60 bits per heavy atom. The van der Waals surface area contributed by atoms with Gasteiger partial charge in [0.2, 0.25) is 11.8 Å². The number of aromatic nitrogens is 1. The van der Waals surface area contributed by atoms with Crippen LogP contribution in [0.4, 0.5) is 5.82 Å². The fourth-order valence-electron chi connectivity index (χ4n) is 3.35. The molecule has 158 valence electrons. The molecule has 1 aromatic rings. The molecule has 0 saturated heterocycles. The van der Waals surface area contributed by atoms with Gasteiger partial charge in [-0.3, -0.25) is 9.59 Å². The van der Waals surface area contributed by atoms with Crippen molar-refractivity contribution in [1.29, 1.82) is 0 Å². The van der Waals surface area contributed by atoms with Gasteiger partial charge in [0.25, 0.3) is 0 Å². The lowest BCUT2D eigenvalue weighted by Crippen LogP contribution is -2.30. The third kappa shape index (κ3) is 6.02. The molecule has 2 amide bonds. The molecule has 5 nitrogen and oxygen atoms in total. The van der Waals surface area contributed by atoms with Gasteiger partial charge in [0.15, 0.2) is 0 Å². The van der Waals surface area contributed by atoms with Crippen LogP contribution in [0.25, 0.3) is 6.08 Å². The maximum atomic E-state index is 12.6. The molecule has 1 aliphatic carbocycles. The van der Waals surface area contributed by atoms with Crippen LogP contribution in [-0.2, 0) is 9.59 Å². The molecule has 2 aliphatic rings. The Balaban J connectivity index is 1.54. The lowest BCUT2D eigenvalue weighted by Gasteiger charge is -2.19. The van der Waals surface area contributed by atoms with E-state index >= 15 is 0 Å².